The number of rotatable bonds is 2. The summed E-state index contributed by atoms with van der Waals surface area (Å²) in [4.78, 5) is 54.5. The summed E-state index contributed by atoms with van der Waals surface area (Å²) < 4.78 is 2.13. The standard InChI is InChI=1S/C26H18N2O6/c1-13(29)17-19-21(27(25(17)33)15-9-5-3-6-10-15)24(32)20-18(14(2)30)26(34)28(22(20)23(19)31)16-11-7-4-8-12-16/h3-12,29-30H,1-2H3/b17-13-,18-14-. The second-order valence-electron chi connectivity index (χ2n) is 7.98. The van der Waals surface area contributed by atoms with E-state index in [9.17, 15) is 29.4 Å². The SMILES string of the molecule is C/C(O)=c1\c2c(=O)c3n(-c4ccccc4)c(=O)/c(=C(/C)O)c=3c(=O)c=2n(-c2ccccc2)c1=O. The van der Waals surface area contributed by atoms with E-state index in [2.05, 4.69) is 0 Å². The van der Waals surface area contributed by atoms with Crippen LogP contribution in [0.5, 0.6) is 0 Å². The highest BCUT2D eigenvalue weighted by Crippen LogP contribution is 2.07. The van der Waals surface area contributed by atoms with Crippen molar-refractivity contribution >= 4 is 11.5 Å². The fourth-order valence-electron chi connectivity index (χ4n) is 4.53. The maximum Gasteiger partial charge on any atom is 0.267 e. The highest BCUT2D eigenvalue weighted by molar-refractivity contribution is 5.43. The molecule has 168 valence electrons. The van der Waals surface area contributed by atoms with E-state index in [4.69, 9.17) is 0 Å². The molecule has 0 bridgehead atoms. The van der Waals surface area contributed by atoms with Crippen LogP contribution >= 0.6 is 0 Å². The molecule has 8 heteroatoms. The Labute approximate surface area is 189 Å². The van der Waals surface area contributed by atoms with Crippen molar-refractivity contribution in [3.8, 4) is 11.4 Å². The van der Waals surface area contributed by atoms with E-state index in [1.165, 1.54) is 13.8 Å². The summed E-state index contributed by atoms with van der Waals surface area (Å²) in [5, 5.41) is 19.0. The molecule has 34 heavy (non-hydrogen) atoms. The highest BCUT2D eigenvalue weighted by atomic mass is 16.3. The van der Waals surface area contributed by atoms with Crippen LogP contribution in [0.3, 0.4) is 0 Å². The highest BCUT2D eigenvalue weighted by Gasteiger charge is 2.23. The maximum absolute atomic E-state index is 13.9. The summed E-state index contributed by atoms with van der Waals surface area (Å²) in [6.07, 6.45) is 0. The van der Waals surface area contributed by atoms with Gasteiger partial charge >= 0.3 is 0 Å². The predicted octanol–water partition coefficient (Wildman–Crippen LogP) is 0.406. The van der Waals surface area contributed by atoms with Gasteiger partial charge in [0.15, 0.2) is 0 Å². The van der Waals surface area contributed by atoms with Crippen molar-refractivity contribution in [1.29, 1.82) is 0 Å². The van der Waals surface area contributed by atoms with Gasteiger partial charge in [-0.05, 0) is 38.1 Å². The lowest BCUT2D eigenvalue weighted by Gasteiger charge is -2.03. The molecule has 0 fully saturated rings. The predicted molar refractivity (Wildman–Crippen MR) is 126 cm³/mol. The second kappa shape index (κ2) is 7.41. The van der Waals surface area contributed by atoms with E-state index in [0.29, 0.717) is 11.4 Å². The van der Waals surface area contributed by atoms with Crippen LogP contribution in [-0.4, -0.2) is 19.3 Å². The molecular formula is C26H18N2O6. The molecule has 0 saturated heterocycles. The molecule has 0 saturated carbocycles. The molecule has 2 aromatic rings. The van der Waals surface area contributed by atoms with Gasteiger partial charge in [0.25, 0.3) is 11.1 Å². The molecule has 0 atom stereocenters. The van der Waals surface area contributed by atoms with Gasteiger partial charge in [-0.25, -0.2) is 0 Å². The molecule has 3 aliphatic rings. The first kappa shape index (κ1) is 21.1. The lowest BCUT2D eigenvalue weighted by Crippen LogP contribution is -2.33. The van der Waals surface area contributed by atoms with E-state index >= 15 is 0 Å². The Morgan fingerprint density at radius 1 is 0.588 bits per heavy atom. The Morgan fingerprint density at radius 3 is 1.21 bits per heavy atom. The van der Waals surface area contributed by atoms with Gasteiger partial charge in [-0.1, -0.05) is 36.4 Å². The summed E-state index contributed by atoms with van der Waals surface area (Å²) >= 11 is 0. The minimum absolute atomic E-state index is 0.259. The first-order chi connectivity index (χ1) is 16.3. The van der Waals surface area contributed by atoms with Crippen molar-refractivity contribution < 1.29 is 10.2 Å². The van der Waals surface area contributed by atoms with Gasteiger partial charge in [0.2, 0.25) is 10.9 Å². The lowest BCUT2D eigenvalue weighted by atomic mass is 10.2. The Morgan fingerprint density at radius 2 is 0.912 bits per heavy atom. The smallest absolute Gasteiger partial charge is 0.267 e. The minimum Gasteiger partial charge on any atom is -0.512 e. The second-order valence-corrected chi connectivity index (χ2v) is 7.98. The Hall–Kier alpha value is -4.72. The Balaban J connectivity index is 2.26. The van der Waals surface area contributed by atoms with Crippen molar-refractivity contribution in [3.05, 3.63) is 133 Å². The normalized spacial score (nSPS) is 13.5. The van der Waals surface area contributed by atoms with E-state index in [0.717, 1.165) is 9.13 Å². The van der Waals surface area contributed by atoms with E-state index in [-0.39, 0.29) is 31.6 Å². The van der Waals surface area contributed by atoms with E-state index < -0.39 is 33.5 Å². The van der Waals surface area contributed by atoms with Crippen molar-refractivity contribution in [2.75, 3.05) is 0 Å². The molecule has 0 amide bonds. The van der Waals surface area contributed by atoms with Crippen molar-refractivity contribution in [1.82, 2.24) is 9.13 Å². The zero-order chi connectivity index (χ0) is 24.3. The van der Waals surface area contributed by atoms with Gasteiger partial charge in [0.05, 0.1) is 20.9 Å². The topological polar surface area (TPSA) is 119 Å². The van der Waals surface area contributed by atoms with Crippen LogP contribution < -0.4 is 32.4 Å². The summed E-state index contributed by atoms with van der Waals surface area (Å²) in [6, 6.07) is 16.5. The molecule has 0 aromatic heterocycles. The maximum atomic E-state index is 13.9. The van der Waals surface area contributed by atoms with Gasteiger partial charge in [-0.3, -0.25) is 28.3 Å². The molecule has 1 aliphatic carbocycles. The number of benzene rings is 2. The van der Waals surface area contributed by atoms with Crippen LogP contribution in [0.15, 0.2) is 79.8 Å². The number of hydrogen-bond donors (Lipinski definition) is 2. The molecule has 5 rings (SSSR count). The minimum atomic E-state index is -0.770. The first-order valence-electron chi connectivity index (χ1n) is 10.4. The van der Waals surface area contributed by atoms with Crippen LogP contribution in [0.2, 0.25) is 0 Å². The third-order valence-corrected chi connectivity index (χ3v) is 5.89. The van der Waals surface area contributed by atoms with Crippen molar-refractivity contribution in [3.63, 3.8) is 0 Å². The Bertz CT molecular complexity index is 1900. The Kier molecular flexibility index (Phi) is 4.61. The van der Waals surface area contributed by atoms with Gasteiger partial charge in [-0.2, -0.15) is 0 Å². The van der Waals surface area contributed by atoms with E-state index in [1.54, 1.807) is 60.7 Å². The van der Waals surface area contributed by atoms with Crippen LogP contribution in [0, 0.1) is 21.1 Å². The number of hydrogen-bond acceptors (Lipinski definition) is 6. The first-order valence-corrected chi connectivity index (χ1v) is 10.4. The molecule has 0 unspecified atom stereocenters. The molecule has 2 N–H and O–H groups in total. The average molecular weight is 454 g/mol. The van der Waals surface area contributed by atoms with Gasteiger partial charge in [0, 0.05) is 11.4 Å². The molecule has 2 heterocycles. The number of aliphatic hydroxyl groups is 2. The molecule has 2 aliphatic heterocycles. The number of aliphatic hydroxyl groups excluding tert-OH is 2. The number of nitrogens with zero attached hydrogens (tertiary/aromatic N) is 2. The quantitative estimate of drug-likeness (QED) is 0.399. The fraction of sp³-hybridized carbons (Fsp3) is 0.0769. The molecule has 0 radical (unpaired) electrons. The third kappa shape index (κ3) is 2.72. The third-order valence-electron chi connectivity index (χ3n) is 5.89. The summed E-state index contributed by atoms with van der Waals surface area (Å²) in [7, 11) is 0. The average Bonchev–Trinajstić information content (AvgIpc) is 3.31. The molecule has 0 spiro atoms. The van der Waals surface area contributed by atoms with E-state index in [1.807, 2.05) is 0 Å². The van der Waals surface area contributed by atoms with Gasteiger partial charge < -0.3 is 10.2 Å². The zero-order valence-corrected chi connectivity index (χ0v) is 18.2. The molecular weight excluding hydrogens is 436 g/mol. The van der Waals surface area contributed by atoms with Crippen molar-refractivity contribution in [2.45, 2.75) is 13.8 Å². The molecule has 2 aromatic carbocycles. The monoisotopic (exact) mass is 454 g/mol. The summed E-state index contributed by atoms with van der Waals surface area (Å²) in [5.41, 5.74) is -2.37. The van der Waals surface area contributed by atoms with Crippen molar-refractivity contribution in [2.24, 2.45) is 0 Å². The largest absolute Gasteiger partial charge is 0.512 e. The summed E-state index contributed by atoms with van der Waals surface area (Å²) in [5.74, 6) is -0.850. The fourth-order valence-corrected chi connectivity index (χ4v) is 4.53. The lowest BCUT2D eigenvalue weighted by molar-refractivity contribution is 0.497. The number of aromatic nitrogens is 2. The van der Waals surface area contributed by atoms with Gasteiger partial charge in [0.1, 0.15) is 22.2 Å². The van der Waals surface area contributed by atoms with Crippen LogP contribution in [-0.2, 0) is 0 Å². The van der Waals surface area contributed by atoms with Crippen LogP contribution in [0.25, 0.3) is 22.9 Å². The summed E-state index contributed by atoms with van der Waals surface area (Å²) in [6.45, 7) is 2.51. The van der Waals surface area contributed by atoms with Crippen LogP contribution in [0.4, 0.5) is 0 Å². The zero-order valence-electron chi connectivity index (χ0n) is 18.2. The van der Waals surface area contributed by atoms with Gasteiger partial charge in [-0.15, -0.1) is 0 Å². The van der Waals surface area contributed by atoms with Crippen LogP contribution in [0.1, 0.15) is 13.8 Å². The molecule has 8 nitrogen and oxygen atoms in total. The number of para-hydroxylation sites is 2.